The van der Waals surface area contributed by atoms with Crippen molar-refractivity contribution in [1.82, 2.24) is 9.97 Å². The largest absolute Gasteiger partial charge is 0.574 e. The smallest absolute Gasteiger partial charge is 0.465 e. The highest BCUT2D eigenvalue weighted by Gasteiger charge is 2.34. The van der Waals surface area contributed by atoms with Gasteiger partial charge in [-0.15, -0.1) is 13.2 Å². The van der Waals surface area contributed by atoms with E-state index in [0.717, 1.165) is 0 Å². The lowest BCUT2D eigenvalue weighted by Gasteiger charge is -2.12. The van der Waals surface area contributed by atoms with Crippen LogP contribution in [-0.4, -0.2) is 29.4 Å². The predicted molar refractivity (Wildman–Crippen MR) is 71.8 cm³/mol. The van der Waals surface area contributed by atoms with Crippen molar-refractivity contribution in [3.05, 3.63) is 34.6 Å². The topological polar surface area (TPSA) is 64.2 Å². The van der Waals surface area contributed by atoms with Crippen molar-refractivity contribution in [2.24, 2.45) is 0 Å². The summed E-state index contributed by atoms with van der Waals surface area (Å²) in [6.45, 7) is 1.64. The SMILES string of the molecule is COC(=O)c1cc(C)[nH]c1-c1ccc(Cl)nc1OC(F)(F)F. The number of aromatic nitrogens is 2. The molecular formula is C13H10ClF3N2O3. The third kappa shape index (κ3) is 3.51. The second-order valence-electron chi connectivity index (χ2n) is 4.27. The molecule has 2 rings (SSSR count). The van der Waals surface area contributed by atoms with E-state index in [9.17, 15) is 18.0 Å². The second-order valence-corrected chi connectivity index (χ2v) is 4.65. The number of nitrogens with zero attached hydrogens (tertiary/aromatic N) is 1. The summed E-state index contributed by atoms with van der Waals surface area (Å²) in [5, 5.41) is -0.175. The molecule has 0 unspecified atom stereocenters. The number of carbonyl (C=O) groups excluding carboxylic acids is 1. The third-order valence-electron chi connectivity index (χ3n) is 2.67. The number of methoxy groups -OCH3 is 1. The standard InChI is InChI=1S/C13H10ClF3N2O3/c1-6-5-8(12(20)21-2)10(18-6)7-3-4-9(14)19-11(7)22-13(15,16)17/h3-5,18H,1-2H3. The Balaban J connectivity index is 2.60. The molecule has 0 atom stereocenters. The van der Waals surface area contributed by atoms with Gasteiger partial charge in [0.05, 0.1) is 23.9 Å². The molecule has 2 heterocycles. The lowest BCUT2D eigenvalue weighted by Crippen LogP contribution is -2.18. The summed E-state index contributed by atoms with van der Waals surface area (Å²) < 4.78 is 46.0. The van der Waals surface area contributed by atoms with E-state index < -0.39 is 18.2 Å². The van der Waals surface area contributed by atoms with Crippen molar-refractivity contribution >= 4 is 17.6 Å². The minimum Gasteiger partial charge on any atom is -0.465 e. The van der Waals surface area contributed by atoms with E-state index in [4.69, 9.17) is 11.6 Å². The average molecular weight is 335 g/mol. The molecule has 5 nitrogen and oxygen atoms in total. The van der Waals surface area contributed by atoms with E-state index in [2.05, 4.69) is 19.4 Å². The van der Waals surface area contributed by atoms with Crippen LogP contribution >= 0.6 is 11.6 Å². The number of carbonyl (C=O) groups is 1. The molecule has 0 aliphatic carbocycles. The van der Waals surface area contributed by atoms with E-state index in [1.54, 1.807) is 6.92 Å². The van der Waals surface area contributed by atoms with Gasteiger partial charge in [-0.3, -0.25) is 0 Å². The molecule has 22 heavy (non-hydrogen) atoms. The lowest BCUT2D eigenvalue weighted by atomic mass is 10.1. The zero-order valence-electron chi connectivity index (χ0n) is 11.4. The Morgan fingerprint density at radius 3 is 2.64 bits per heavy atom. The Morgan fingerprint density at radius 1 is 1.36 bits per heavy atom. The number of ether oxygens (including phenoxy) is 2. The van der Waals surface area contributed by atoms with Crippen molar-refractivity contribution in [3.63, 3.8) is 0 Å². The number of rotatable bonds is 3. The first kappa shape index (κ1) is 16.2. The fourth-order valence-corrected chi connectivity index (χ4v) is 2.01. The molecule has 0 bridgehead atoms. The van der Waals surface area contributed by atoms with Gasteiger partial charge in [0.1, 0.15) is 5.15 Å². The normalized spacial score (nSPS) is 11.4. The van der Waals surface area contributed by atoms with E-state index in [1.807, 2.05) is 0 Å². The van der Waals surface area contributed by atoms with Gasteiger partial charge in [-0.05, 0) is 25.1 Å². The number of esters is 1. The molecule has 2 aromatic rings. The van der Waals surface area contributed by atoms with Crippen molar-refractivity contribution in [2.45, 2.75) is 13.3 Å². The number of halogens is 4. The number of pyridine rings is 1. The fraction of sp³-hybridized carbons (Fsp3) is 0.231. The molecule has 0 saturated heterocycles. The molecule has 0 amide bonds. The summed E-state index contributed by atoms with van der Waals surface area (Å²) in [6.07, 6.45) is -4.94. The number of nitrogens with one attached hydrogen (secondary N) is 1. The number of aryl methyl sites for hydroxylation is 1. The first-order valence-electron chi connectivity index (χ1n) is 5.92. The summed E-state index contributed by atoms with van der Waals surface area (Å²) in [6, 6.07) is 4.01. The third-order valence-corrected chi connectivity index (χ3v) is 2.88. The van der Waals surface area contributed by atoms with Gasteiger partial charge < -0.3 is 14.5 Å². The van der Waals surface area contributed by atoms with Gasteiger partial charge >= 0.3 is 12.3 Å². The molecule has 0 aromatic carbocycles. The van der Waals surface area contributed by atoms with Gasteiger partial charge in [0.2, 0.25) is 5.88 Å². The van der Waals surface area contributed by atoms with E-state index in [-0.39, 0.29) is 22.0 Å². The molecule has 1 N–H and O–H groups in total. The van der Waals surface area contributed by atoms with Gasteiger partial charge in [0.15, 0.2) is 0 Å². The van der Waals surface area contributed by atoms with Crippen LogP contribution in [0.15, 0.2) is 18.2 Å². The summed E-state index contributed by atoms with van der Waals surface area (Å²) in [5.41, 5.74) is 0.669. The molecule has 9 heteroatoms. The Morgan fingerprint density at radius 2 is 2.05 bits per heavy atom. The molecular weight excluding hydrogens is 325 g/mol. The maximum atomic E-state index is 12.5. The van der Waals surface area contributed by atoms with Crippen LogP contribution in [0.1, 0.15) is 16.1 Å². The molecule has 0 fully saturated rings. The monoisotopic (exact) mass is 334 g/mol. The second kappa shape index (κ2) is 5.88. The van der Waals surface area contributed by atoms with Gasteiger partial charge in [-0.2, -0.15) is 0 Å². The van der Waals surface area contributed by atoms with Crippen molar-refractivity contribution in [3.8, 4) is 17.1 Å². The van der Waals surface area contributed by atoms with E-state index in [0.29, 0.717) is 5.69 Å². The van der Waals surface area contributed by atoms with Crippen molar-refractivity contribution < 1.29 is 27.4 Å². The number of hydrogen-bond acceptors (Lipinski definition) is 4. The zero-order valence-corrected chi connectivity index (χ0v) is 12.2. The molecule has 0 radical (unpaired) electrons. The maximum absolute atomic E-state index is 12.5. The van der Waals surface area contributed by atoms with Gasteiger partial charge in [-0.1, -0.05) is 11.6 Å². The molecule has 0 aliphatic heterocycles. The zero-order chi connectivity index (χ0) is 16.5. The Bertz CT molecular complexity index is 713. The number of alkyl halides is 3. The fourth-order valence-electron chi connectivity index (χ4n) is 1.87. The van der Waals surface area contributed by atoms with E-state index >= 15 is 0 Å². The first-order chi connectivity index (χ1) is 10.2. The van der Waals surface area contributed by atoms with Crippen LogP contribution in [0.25, 0.3) is 11.3 Å². The number of aromatic amines is 1. The summed E-state index contributed by atoms with van der Waals surface area (Å²) in [5.74, 6) is -1.46. The van der Waals surface area contributed by atoms with E-state index in [1.165, 1.54) is 25.3 Å². The maximum Gasteiger partial charge on any atom is 0.574 e. The highest BCUT2D eigenvalue weighted by Crippen LogP contribution is 2.35. The van der Waals surface area contributed by atoms with Crippen LogP contribution in [0, 0.1) is 6.92 Å². The lowest BCUT2D eigenvalue weighted by molar-refractivity contribution is -0.275. The van der Waals surface area contributed by atoms with Gasteiger partial charge in [-0.25, -0.2) is 9.78 Å². The molecule has 118 valence electrons. The predicted octanol–water partition coefficient (Wildman–Crippen LogP) is 3.72. The van der Waals surface area contributed by atoms with Crippen molar-refractivity contribution in [2.75, 3.05) is 7.11 Å². The highest BCUT2D eigenvalue weighted by atomic mass is 35.5. The number of hydrogen-bond donors (Lipinski definition) is 1. The van der Waals surface area contributed by atoms with Crippen molar-refractivity contribution in [1.29, 1.82) is 0 Å². The molecule has 0 saturated carbocycles. The Kier molecular flexibility index (Phi) is 4.32. The van der Waals surface area contributed by atoms with Crippen LogP contribution < -0.4 is 4.74 Å². The van der Waals surface area contributed by atoms with Crippen LogP contribution in [0.5, 0.6) is 5.88 Å². The van der Waals surface area contributed by atoms with Gasteiger partial charge in [0, 0.05) is 5.69 Å². The Labute approximate surface area is 128 Å². The summed E-state index contributed by atoms with van der Waals surface area (Å²) in [4.78, 5) is 18.0. The van der Waals surface area contributed by atoms with Crippen LogP contribution in [-0.2, 0) is 4.74 Å². The first-order valence-corrected chi connectivity index (χ1v) is 6.29. The van der Waals surface area contributed by atoms with Crippen LogP contribution in [0.2, 0.25) is 5.15 Å². The quantitative estimate of drug-likeness (QED) is 0.686. The molecule has 2 aromatic heterocycles. The van der Waals surface area contributed by atoms with Gasteiger partial charge in [0.25, 0.3) is 0 Å². The average Bonchev–Trinajstić information content (AvgIpc) is 2.78. The Hall–Kier alpha value is -2.22. The summed E-state index contributed by atoms with van der Waals surface area (Å²) in [7, 11) is 1.17. The number of H-pyrrole nitrogens is 1. The van der Waals surface area contributed by atoms with Crippen LogP contribution in [0.4, 0.5) is 13.2 Å². The molecule has 0 spiro atoms. The highest BCUT2D eigenvalue weighted by molar-refractivity contribution is 6.29. The summed E-state index contributed by atoms with van der Waals surface area (Å²) >= 11 is 5.61. The molecule has 0 aliphatic rings. The minimum absolute atomic E-state index is 0.0600. The van der Waals surface area contributed by atoms with Crippen LogP contribution in [0.3, 0.4) is 0 Å². The minimum atomic E-state index is -4.94.